The summed E-state index contributed by atoms with van der Waals surface area (Å²) in [6.45, 7) is 1.66. The number of nitrogens with zero attached hydrogens (tertiary/aromatic N) is 4. The Morgan fingerprint density at radius 3 is 2.55 bits per heavy atom. The summed E-state index contributed by atoms with van der Waals surface area (Å²) in [5.74, 6) is -1.79. The number of fused-ring (bicyclic) bond motifs is 1. The monoisotopic (exact) mass is 479 g/mol. The summed E-state index contributed by atoms with van der Waals surface area (Å²) < 4.78 is 30.7. The van der Waals surface area contributed by atoms with Gasteiger partial charge in [0.1, 0.15) is 11.2 Å². The zero-order valence-corrected chi connectivity index (χ0v) is 18.6. The molecule has 1 saturated carbocycles. The van der Waals surface area contributed by atoms with Gasteiger partial charge in [-0.05, 0) is 44.7 Å². The second-order valence-electron chi connectivity index (χ2n) is 8.21. The van der Waals surface area contributed by atoms with Gasteiger partial charge in [0.15, 0.2) is 17.3 Å². The summed E-state index contributed by atoms with van der Waals surface area (Å²) >= 11 is 5.74. The van der Waals surface area contributed by atoms with Crippen LogP contribution in [0.25, 0.3) is 11.2 Å². The van der Waals surface area contributed by atoms with Gasteiger partial charge in [0.2, 0.25) is 17.8 Å². The van der Waals surface area contributed by atoms with Gasteiger partial charge < -0.3 is 21.5 Å². The lowest BCUT2D eigenvalue weighted by molar-refractivity contribution is -0.122. The Balaban J connectivity index is 1.77. The highest BCUT2D eigenvalue weighted by atomic mass is 35.5. The van der Waals surface area contributed by atoms with E-state index < -0.39 is 11.6 Å². The van der Waals surface area contributed by atoms with Crippen molar-refractivity contribution in [1.82, 2.24) is 19.5 Å². The Bertz CT molecular complexity index is 1160. The summed E-state index contributed by atoms with van der Waals surface area (Å²) in [5.41, 5.74) is 5.96. The fraction of sp³-hybridized carbons (Fsp3) is 0.429. The lowest BCUT2D eigenvalue weighted by atomic mass is 9.85. The number of nitrogens with two attached hydrogens (primary N) is 1. The molecule has 1 fully saturated rings. The third kappa shape index (κ3) is 4.83. The molecule has 0 spiro atoms. The summed E-state index contributed by atoms with van der Waals surface area (Å²) in [5, 5.41) is 15.0. The number of aliphatic hydroxyl groups is 1. The molecule has 1 aliphatic carbocycles. The number of anilines is 3. The molecule has 176 valence electrons. The van der Waals surface area contributed by atoms with Gasteiger partial charge in [0.25, 0.3) is 0 Å². The van der Waals surface area contributed by atoms with Crippen molar-refractivity contribution in [2.24, 2.45) is 11.7 Å². The first-order chi connectivity index (χ1) is 15.8. The fourth-order valence-corrected chi connectivity index (χ4v) is 4.24. The largest absolute Gasteiger partial charge is 0.394 e. The summed E-state index contributed by atoms with van der Waals surface area (Å²) in [6.07, 6.45) is 3.89. The van der Waals surface area contributed by atoms with Crippen molar-refractivity contribution >= 4 is 46.3 Å². The van der Waals surface area contributed by atoms with Crippen LogP contribution in [0, 0.1) is 17.6 Å². The van der Waals surface area contributed by atoms with E-state index in [1.165, 1.54) is 6.20 Å². The minimum absolute atomic E-state index is 0.0617. The number of imidazole rings is 1. The molecule has 0 bridgehead atoms. The summed E-state index contributed by atoms with van der Waals surface area (Å²) in [4.78, 5) is 24.8. The van der Waals surface area contributed by atoms with Crippen molar-refractivity contribution in [3.05, 3.63) is 35.0 Å². The number of benzene rings is 1. The maximum atomic E-state index is 14.5. The molecule has 3 aromatic rings. The van der Waals surface area contributed by atoms with E-state index in [1.807, 2.05) is 0 Å². The van der Waals surface area contributed by atoms with Crippen LogP contribution in [0.15, 0.2) is 18.3 Å². The van der Waals surface area contributed by atoms with Crippen molar-refractivity contribution in [3.8, 4) is 0 Å². The maximum Gasteiger partial charge on any atom is 0.225 e. The Morgan fingerprint density at radius 2 is 1.94 bits per heavy atom. The first-order valence-corrected chi connectivity index (χ1v) is 11.0. The van der Waals surface area contributed by atoms with E-state index in [-0.39, 0.29) is 53.1 Å². The molecule has 2 heterocycles. The van der Waals surface area contributed by atoms with Crippen molar-refractivity contribution < 1.29 is 18.7 Å². The Hall–Kier alpha value is -3.05. The summed E-state index contributed by atoms with van der Waals surface area (Å²) in [6, 6.07) is 1.61. The fourth-order valence-electron chi connectivity index (χ4n) is 4.05. The molecule has 2 aromatic heterocycles. The second-order valence-corrected chi connectivity index (χ2v) is 8.65. The molecule has 5 N–H and O–H groups in total. The normalized spacial score (nSPS) is 19.4. The Kier molecular flexibility index (Phi) is 6.61. The van der Waals surface area contributed by atoms with Crippen molar-refractivity contribution in [2.45, 2.75) is 44.7 Å². The van der Waals surface area contributed by atoms with Gasteiger partial charge >= 0.3 is 0 Å². The molecule has 0 unspecified atom stereocenters. The predicted molar refractivity (Wildman–Crippen MR) is 120 cm³/mol. The molecule has 0 radical (unpaired) electrons. The topological polar surface area (TPSA) is 131 Å². The van der Waals surface area contributed by atoms with E-state index in [9.17, 15) is 18.7 Å². The lowest BCUT2D eigenvalue weighted by Crippen LogP contribution is -2.29. The molecular weight excluding hydrogens is 456 g/mol. The molecule has 1 aromatic carbocycles. The highest BCUT2D eigenvalue weighted by molar-refractivity contribution is 6.30. The van der Waals surface area contributed by atoms with Gasteiger partial charge in [-0.15, -0.1) is 0 Å². The van der Waals surface area contributed by atoms with Crippen LogP contribution >= 0.6 is 11.6 Å². The van der Waals surface area contributed by atoms with Gasteiger partial charge in [-0.3, -0.25) is 9.36 Å². The van der Waals surface area contributed by atoms with Crippen LogP contribution in [0.2, 0.25) is 5.02 Å². The first-order valence-electron chi connectivity index (χ1n) is 10.6. The number of hydrogen-bond donors (Lipinski definition) is 4. The molecule has 0 aliphatic heterocycles. The standard InChI is InChI=1S/C21H24ClF2N7O2/c1-10(9-32)27-20-26-8-16-19(30-20)31(13-4-2-11(3-5-13)18(25)33)21(28-16)29-17-14(23)6-12(22)7-15(17)24/h6-8,10-11,13,32H,2-5,9H2,1H3,(H2,25,33)(H,28,29)(H,26,27,30)/t10-,11-,13-/m0/s1. The molecule has 9 nitrogen and oxygen atoms in total. The van der Waals surface area contributed by atoms with Gasteiger partial charge in [0.05, 0.1) is 12.8 Å². The zero-order chi connectivity index (χ0) is 23.7. The number of carbonyl (C=O) groups is 1. The molecular formula is C21H24ClF2N7O2. The van der Waals surface area contributed by atoms with Crippen LogP contribution in [0.3, 0.4) is 0 Å². The third-order valence-corrected chi connectivity index (χ3v) is 6.01. The average molecular weight is 480 g/mol. The van der Waals surface area contributed by atoms with Crippen molar-refractivity contribution in [2.75, 3.05) is 17.2 Å². The number of halogens is 3. The number of carbonyl (C=O) groups excluding carboxylic acids is 1. The molecule has 1 aliphatic rings. The van der Waals surface area contributed by atoms with Gasteiger partial charge in [-0.25, -0.2) is 18.7 Å². The van der Waals surface area contributed by atoms with Crippen LogP contribution < -0.4 is 16.4 Å². The zero-order valence-electron chi connectivity index (χ0n) is 17.9. The van der Waals surface area contributed by atoms with Crippen LogP contribution in [0.5, 0.6) is 0 Å². The highest BCUT2D eigenvalue weighted by Gasteiger charge is 2.29. The van der Waals surface area contributed by atoms with Gasteiger partial charge in [0, 0.05) is 23.0 Å². The van der Waals surface area contributed by atoms with Crippen LogP contribution in [-0.2, 0) is 4.79 Å². The molecule has 1 atom stereocenters. The third-order valence-electron chi connectivity index (χ3n) is 5.79. The number of rotatable bonds is 7. The average Bonchev–Trinajstić information content (AvgIpc) is 3.13. The molecule has 1 amide bonds. The number of aromatic nitrogens is 4. The minimum Gasteiger partial charge on any atom is -0.394 e. The van der Waals surface area contributed by atoms with Crippen molar-refractivity contribution in [3.63, 3.8) is 0 Å². The Labute approximate surface area is 193 Å². The van der Waals surface area contributed by atoms with Crippen molar-refractivity contribution in [1.29, 1.82) is 0 Å². The van der Waals surface area contributed by atoms with E-state index in [2.05, 4.69) is 25.6 Å². The van der Waals surface area contributed by atoms with Crippen LogP contribution in [0.4, 0.5) is 26.4 Å². The van der Waals surface area contributed by atoms with E-state index in [1.54, 1.807) is 11.5 Å². The first kappa shape index (κ1) is 23.1. The van der Waals surface area contributed by atoms with E-state index >= 15 is 0 Å². The molecule has 12 heteroatoms. The summed E-state index contributed by atoms with van der Waals surface area (Å²) in [7, 11) is 0. The predicted octanol–water partition coefficient (Wildman–Crippen LogP) is 3.51. The number of aliphatic hydroxyl groups excluding tert-OH is 1. The highest BCUT2D eigenvalue weighted by Crippen LogP contribution is 2.37. The Morgan fingerprint density at radius 1 is 1.27 bits per heavy atom. The minimum atomic E-state index is -0.860. The maximum absolute atomic E-state index is 14.5. The SMILES string of the molecule is C[C@@H](CO)Nc1ncc2nc(Nc3c(F)cc(Cl)cc3F)n([C@H]3CC[C@H](C(N)=O)CC3)c2n1. The number of hydrogen-bond acceptors (Lipinski definition) is 7. The molecule has 33 heavy (non-hydrogen) atoms. The van der Waals surface area contributed by atoms with E-state index in [0.717, 1.165) is 12.1 Å². The quantitative estimate of drug-likeness (QED) is 0.407. The molecule has 4 rings (SSSR count). The second kappa shape index (κ2) is 9.44. The molecule has 0 saturated heterocycles. The number of primary amides is 1. The van der Waals surface area contributed by atoms with Crippen LogP contribution in [0.1, 0.15) is 38.6 Å². The van der Waals surface area contributed by atoms with Crippen LogP contribution in [-0.4, -0.2) is 43.2 Å². The van der Waals surface area contributed by atoms with E-state index in [4.69, 9.17) is 17.3 Å². The lowest BCUT2D eigenvalue weighted by Gasteiger charge is -2.29. The van der Waals surface area contributed by atoms with Gasteiger partial charge in [-0.2, -0.15) is 4.98 Å². The van der Waals surface area contributed by atoms with Gasteiger partial charge in [-0.1, -0.05) is 11.6 Å². The number of nitrogens with one attached hydrogen (secondary N) is 2. The smallest absolute Gasteiger partial charge is 0.225 e. The number of amides is 1. The van der Waals surface area contributed by atoms with E-state index in [0.29, 0.717) is 36.8 Å².